The van der Waals surface area contributed by atoms with Gasteiger partial charge in [-0.2, -0.15) is 9.97 Å². The second-order valence-corrected chi connectivity index (χ2v) is 4.94. The van der Waals surface area contributed by atoms with Crippen LogP contribution in [-0.2, 0) is 4.74 Å². The minimum atomic E-state index is 0.273. The molecule has 1 saturated heterocycles. The van der Waals surface area contributed by atoms with Gasteiger partial charge in [0.1, 0.15) is 5.52 Å². The molecule has 2 aromatic heterocycles. The zero-order valence-corrected chi connectivity index (χ0v) is 11.6. The molecule has 7 nitrogen and oxygen atoms in total. The van der Waals surface area contributed by atoms with E-state index in [2.05, 4.69) is 37.5 Å². The van der Waals surface area contributed by atoms with Gasteiger partial charge in [-0.15, -0.1) is 0 Å². The Morgan fingerprint density at radius 2 is 2.35 bits per heavy atom. The second-order valence-electron chi connectivity index (χ2n) is 4.94. The molecule has 7 heteroatoms. The van der Waals surface area contributed by atoms with E-state index in [0.29, 0.717) is 11.6 Å². The lowest BCUT2D eigenvalue weighted by Gasteiger charge is -2.12. The van der Waals surface area contributed by atoms with E-state index in [4.69, 9.17) is 4.74 Å². The topological polar surface area (TPSA) is 87.8 Å². The molecule has 1 fully saturated rings. The van der Waals surface area contributed by atoms with Crippen LogP contribution in [0.4, 0.5) is 11.8 Å². The van der Waals surface area contributed by atoms with E-state index in [1.54, 1.807) is 6.33 Å². The van der Waals surface area contributed by atoms with Gasteiger partial charge in [0.15, 0.2) is 11.5 Å². The minimum Gasteiger partial charge on any atom is -0.376 e. The molecule has 0 saturated carbocycles. The first kappa shape index (κ1) is 13.1. The van der Waals surface area contributed by atoms with Gasteiger partial charge in [0.2, 0.25) is 5.95 Å². The highest BCUT2D eigenvalue weighted by atomic mass is 16.5. The summed E-state index contributed by atoms with van der Waals surface area (Å²) < 4.78 is 5.62. The molecule has 0 aromatic carbocycles. The molecule has 2 aromatic rings. The molecule has 3 heterocycles. The number of H-pyrrole nitrogens is 1. The number of aromatic nitrogens is 4. The smallest absolute Gasteiger partial charge is 0.226 e. The fraction of sp³-hybridized carbons (Fsp3) is 0.615. The van der Waals surface area contributed by atoms with Crippen LogP contribution in [0.1, 0.15) is 26.2 Å². The van der Waals surface area contributed by atoms with Gasteiger partial charge in [-0.1, -0.05) is 6.92 Å². The Bertz CT molecular complexity index is 563. The van der Waals surface area contributed by atoms with Crippen molar-refractivity contribution in [1.82, 2.24) is 19.9 Å². The normalized spacial score (nSPS) is 18.6. The maximum atomic E-state index is 5.62. The van der Waals surface area contributed by atoms with E-state index in [-0.39, 0.29) is 6.10 Å². The third-order valence-corrected chi connectivity index (χ3v) is 3.34. The molecule has 1 aliphatic rings. The summed E-state index contributed by atoms with van der Waals surface area (Å²) in [6, 6.07) is 0. The second kappa shape index (κ2) is 6.04. The van der Waals surface area contributed by atoms with Crippen LogP contribution in [0.3, 0.4) is 0 Å². The first-order valence-corrected chi connectivity index (χ1v) is 7.17. The number of nitrogens with one attached hydrogen (secondary N) is 3. The third kappa shape index (κ3) is 2.82. The van der Waals surface area contributed by atoms with Crippen LogP contribution in [0.2, 0.25) is 0 Å². The minimum absolute atomic E-state index is 0.273. The zero-order valence-electron chi connectivity index (χ0n) is 11.6. The maximum Gasteiger partial charge on any atom is 0.226 e. The van der Waals surface area contributed by atoms with E-state index >= 15 is 0 Å². The highest BCUT2D eigenvalue weighted by Gasteiger charge is 2.16. The molecule has 0 amide bonds. The van der Waals surface area contributed by atoms with E-state index in [0.717, 1.165) is 50.3 Å². The summed E-state index contributed by atoms with van der Waals surface area (Å²) in [5, 5.41) is 6.54. The van der Waals surface area contributed by atoms with Gasteiger partial charge in [0.05, 0.1) is 12.4 Å². The zero-order chi connectivity index (χ0) is 13.8. The summed E-state index contributed by atoms with van der Waals surface area (Å²) >= 11 is 0. The van der Waals surface area contributed by atoms with Crippen molar-refractivity contribution < 1.29 is 4.74 Å². The standard InChI is InChI=1S/C13H20N6O/c1-2-5-14-13-18-11(10-12(19-13)17-8-16-10)15-7-9-4-3-6-20-9/h8-9H,2-7H2,1H3,(H3,14,15,16,17,18,19). The van der Waals surface area contributed by atoms with Crippen molar-refractivity contribution >= 4 is 22.9 Å². The quantitative estimate of drug-likeness (QED) is 0.745. The summed E-state index contributed by atoms with van der Waals surface area (Å²) in [5.74, 6) is 1.39. The molecule has 108 valence electrons. The lowest BCUT2D eigenvalue weighted by molar-refractivity contribution is 0.120. The van der Waals surface area contributed by atoms with Crippen molar-refractivity contribution in [3.05, 3.63) is 6.33 Å². The molecule has 1 atom stereocenters. The Morgan fingerprint density at radius 1 is 1.40 bits per heavy atom. The third-order valence-electron chi connectivity index (χ3n) is 3.34. The monoisotopic (exact) mass is 276 g/mol. The van der Waals surface area contributed by atoms with E-state index in [9.17, 15) is 0 Å². The molecule has 0 aliphatic carbocycles. The van der Waals surface area contributed by atoms with Crippen LogP contribution < -0.4 is 10.6 Å². The van der Waals surface area contributed by atoms with Crippen molar-refractivity contribution in [2.45, 2.75) is 32.3 Å². The molecule has 1 unspecified atom stereocenters. The molecule has 1 aliphatic heterocycles. The van der Waals surface area contributed by atoms with Crippen LogP contribution >= 0.6 is 0 Å². The van der Waals surface area contributed by atoms with Gasteiger partial charge in [0.25, 0.3) is 0 Å². The van der Waals surface area contributed by atoms with Crippen LogP contribution in [0.25, 0.3) is 11.2 Å². The number of fused-ring (bicyclic) bond motifs is 1. The number of ether oxygens (including phenoxy) is 1. The van der Waals surface area contributed by atoms with Crippen LogP contribution in [-0.4, -0.2) is 45.7 Å². The van der Waals surface area contributed by atoms with E-state index in [1.807, 2.05) is 0 Å². The summed E-state index contributed by atoms with van der Waals surface area (Å²) in [7, 11) is 0. The Balaban J connectivity index is 1.77. The van der Waals surface area contributed by atoms with Gasteiger partial charge >= 0.3 is 0 Å². The molecular formula is C13H20N6O. The predicted molar refractivity (Wildman–Crippen MR) is 77.9 cm³/mol. The van der Waals surface area contributed by atoms with Gasteiger partial charge in [0, 0.05) is 19.7 Å². The number of aromatic amines is 1. The van der Waals surface area contributed by atoms with Crippen molar-refractivity contribution in [1.29, 1.82) is 0 Å². The van der Waals surface area contributed by atoms with Crippen LogP contribution in [0.15, 0.2) is 6.33 Å². The number of hydrogen-bond donors (Lipinski definition) is 3. The Hall–Kier alpha value is -1.89. The van der Waals surface area contributed by atoms with Crippen LogP contribution in [0, 0.1) is 0 Å². The molecule has 20 heavy (non-hydrogen) atoms. The largest absolute Gasteiger partial charge is 0.376 e. The maximum absolute atomic E-state index is 5.62. The fourth-order valence-corrected chi connectivity index (χ4v) is 2.29. The SMILES string of the molecule is CCCNc1nc(NCC2CCCO2)c2[nH]cnc2n1. The summed E-state index contributed by atoms with van der Waals surface area (Å²) in [6.07, 6.45) is 5.18. The lowest BCUT2D eigenvalue weighted by atomic mass is 10.2. The van der Waals surface area contributed by atoms with Crippen LogP contribution in [0.5, 0.6) is 0 Å². The average molecular weight is 276 g/mol. The first-order valence-electron chi connectivity index (χ1n) is 7.17. The Morgan fingerprint density at radius 3 is 3.15 bits per heavy atom. The average Bonchev–Trinajstić information content (AvgIpc) is 3.13. The number of imidazole rings is 1. The van der Waals surface area contributed by atoms with Crippen molar-refractivity contribution in [2.75, 3.05) is 30.3 Å². The number of hydrogen-bond acceptors (Lipinski definition) is 6. The molecule has 0 bridgehead atoms. The Kier molecular flexibility index (Phi) is 3.96. The van der Waals surface area contributed by atoms with Crippen molar-refractivity contribution in [2.24, 2.45) is 0 Å². The van der Waals surface area contributed by atoms with Gasteiger partial charge in [-0.25, -0.2) is 4.98 Å². The fourth-order valence-electron chi connectivity index (χ4n) is 2.29. The van der Waals surface area contributed by atoms with Crippen molar-refractivity contribution in [3.8, 4) is 0 Å². The predicted octanol–water partition coefficient (Wildman–Crippen LogP) is 1.77. The lowest BCUT2D eigenvalue weighted by Crippen LogP contribution is -2.19. The van der Waals surface area contributed by atoms with E-state index < -0.39 is 0 Å². The summed E-state index contributed by atoms with van der Waals surface area (Å²) in [5.41, 5.74) is 1.51. The van der Waals surface area contributed by atoms with Gasteiger partial charge in [-0.3, -0.25) is 0 Å². The molecule has 3 N–H and O–H groups in total. The molecular weight excluding hydrogens is 256 g/mol. The van der Waals surface area contributed by atoms with Crippen molar-refractivity contribution in [3.63, 3.8) is 0 Å². The van der Waals surface area contributed by atoms with E-state index in [1.165, 1.54) is 0 Å². The van der Waals surface area contributed by atoms with Gasteiger partial charge < -0.3 is 20.4 Å². The Labute approximate surface area is 117 Å². The molecule has 0 radical (unpaired) electrons. The summed E-state index contributed by atoms with van der Waals surface area (Å²) in [6.45, 7) is 4.58. The highest BCUT2D eigenvalue weighted by Crippen LogP contribution is 2.20. The van der Waals surface area contributed by atoms with Gasteiger partial charge in [-0.05, 0) is 19.3 Å². The summed E-state index contributed by atoms with van der Waals surface area (Å²) in [4.78, 5) is 16.2. The molecule has 0 spiro atoms. The molecule has 3 rings (SSSR count). The first-order chi connectivity index (χ1) is 9.86. The number of rotatable bonds is 6. The highest BCUT2D eigenvalue weighted by molar-refractivity contribution is 5.83. The number of nitrogens with zero attached hydrogens (tertiary/aromatic N) is 3. The number of anilines is 2.